The van der Waals surface area contributed by atoms with E-state index in [2.05, 4.69) is 12.0 Å². The van der Waals surface area contributed by atoms with Crippen LogP contribution in [0.4, 0.5) is 0 Å². The first-order valence-electron chi connectivity index (χ1n) is 7.74. The molecule has 0 aliphatic heterocycles. The molecule has 1 atom stereocenters. The van der Waals surface area contributed by atoms with Gasteiger partial charge in [0.05, 0.1) is 11.6 Å². The highest BCUT2D eigenvalue weighted by Crippen LogP contribution is 2.23. The third-order valence-electron chi connectivity index (χ3n) is 4.34. The fraction of sp³-hybridized carbons (Fsp3) is 0.444. The molecular formula is C18H25N3O. The van der Waals surface area contributed by atoms with Gasteiger partial charge in [0.2, 0.25) is 5.91 Å². The van der Waals surface area contributed by atoms with Crippen molar-refractivity contribution in [2.24, 2.45) is 7.05 Å². The number of nitrogens with zero attached hydrogens (tertiary/aromatic N) is 3. The lowest BCUT2D eigenvalue weighted by Crippen LogP contribution is -2.31. The van der Waals surface area contributed by atoms with Gasteiger partial charge < -0.3 is 4.90 Å². The molecule has 1 amide bonds. The van der Waals surface area contributed by atoms with Crippen molar-refractivity contribution in [3.8, 4) is 0 Å². The minimum absolute atomic E-state index is 0.0801. The SMILES string of the molecule is CC[C@@H](C(=O)N(C)Cc1c(C)nn(C)c1C)c1ccccc1. The Morgan fingerprint density at radius 2 is 1.91 bits per heavy atom. The van der Waals surface area contributed by atoms with Crippen molar-refractivity contribution in [2.75, 3.05) is 7.05 Å². The molecule has 0 spiro atoms. The van der Waals surface area contributed by atoms with Crippen molar-refractivity contribution in [1.29, 1.82) is 0 Å². The van der Waals surface area contributed by atoms with Crippen LogP contribution in [0, 0.1) is 13.8 Å². The van der Waals surface area contributed by atoms with Gasteiger partial charge in [-0.05, 0) is 25.8 Å². The highest BCUT2D eigenvalue weighted by Gasteiger charge is 2.23. The lowest BCUT2D eigenvalue weighted by Gasteiger charge is -2.23. The van der Waals surface area contributed by atoms with Crippen molar-refractivity contribution in [3.63, 3.8) is 0 Å². The van der Waals surface area contributed by atoms with E-state index in [4.69, 9.17) is 0 Å². The van der Waals surface area contributed by atoms with Gasteiger partial charge in [-0.1, -0.05) is 37.3 Å². The van der Waals surface area contributed by atoms with Gasteiger partial charge in [-0.25, -0.2) is 0 Å². The van der Waals surface area contributed by atoms with Crippen molar-refractivity contribution < 1.29 is 4.79 Å². The number of likely N-dealkylation sites (N-methyl/N-ethyl adjacent to an activating group) is 1. The predicted octanol–water partition coefficient (Wildman–Crippen LogP) is 3.19. The maximum Gasteiger partial charge on any atom is 0.230 e. The summed E-state index contributed by atoms with van der Waals surface area (Å²) in [4.78, 5) is 14.6. The Balaban J connectivity index is 2.17. The quantitative estimate of drug-likeness (QED) is 0.850. The van der Waals surface area contributed by atoms with Crippen LogP contribution in [0.1, 0.15) is 41.8 Å². The predicted molar refractivity (Wildman–Crippen MR) is 88.6 cm³/mol. The fourth-order valence-corrected chi connectivity index (χ4v) is 2.87. The standard InChI is InChI=1S/C18H25N3O/c1-6-16(15-10-8-7-9-11-15)18(22)20(4)12-17-13(2)19-21(5)14(17)3/h7-11,16H,6,12H2,1-5H3/t16-/m1/s1. The zero-order valence-corrected chi connectivity index (χ0v) is 14.1. The number of hydrogen-bond acceptors (Lipinski definition) is 2. The molecule has 2 rings (SSSR count). The van der Waals surface area contributed by atoms with Crippen molar-refractivity contribution >= 4 is 5.91 Å². The molecule has 0 aliphatic rings. The smallest absolute Gasteiger partial charge is 0.230 e. The molecule has 0 saturated carbocycles. The van der Waals surface area contributed by atoms with Crippen LogP contribution in [0.5, 0.6) is 0 Å². The van der Waals surface area contributed by atoms with E-state index in [-0.39, 0.29) is 11.8 Å². The van der Waals surface area contributed by atoms with E-state index in [1.807, 2.05) is 67.9 Å². The molecule has 1 aromatic carbocycles. The Hall–Kier alpha value is -2.10. The molecule has 0 saturated heterocycles. The molecule has 1 heterocycles. The number of aryl methyl sites for hydroxylation is 2. The van der Waals surface area contributed by atoms with Crippen LogP contribution in [0.25, 0.3) is 0 Å². The molecule has 4 nitrogen and oxygen atoms in total. The van der Waals surface area contributed by atoms with Crippen LogP contribution in [0.15, 0.2) is 30.3 Å². The van der Waals surface area contributed by atoms with E-state index in [9.17, 15) is 4.79 Å². The highest BCUT2D eigenvalue weighted by molar-refractivity contribution is 5.83. The van der Waals surface area contributed by atoms with Crippen LogP contribution >= 0.6 is 0 Å². The Morgan fingerprint density at radius 1 is 1.27 bits per heavy atom. The number of hydrogen-bond donors (Lipinski definition) is 0. The minimum atomic E-state index is -0.0801. The second-order valence-electron chi connectivity index (χ2n) is 5.84. The van der Waals surface area contributed by atoms with Gasteiger partial charge in [0.15, 0.2) is 0 Å². The van der Waals surface area contributed by atoms with Crippen molar-refractivity contribution in [3.05, 3.63) is 52.8 Å². The molecule has 4 heteroatoms. The maximum atomic E-state index is 12.8. The van der Waals surface area contributed by atoms with E-state index < -0.39 is 0 Å². The van der Waals surface area contributed by atoms with Gasteiger partial charge in [0.1, 0.15) is 0 Å². The second kappa shape index (κ2) is 6.77. The molecular weight excluding hydrogens is 274 g/mol. The first kappa shape index (κ1) is 16.3. The average molecular weight is 299 g/mol. The highest BCUT2D eigenvalue weighted by atomic mass is 16.2. The van der Waals surface area contributed by atoms with E-state index in [1.165, 1.54) is 0 Å². The molecule has 0 fully saturated rings. The fourth-order valence-electron chi connectivity index (χ4n) is 2.87. The lowest BCUT2D eigenvalue weighted by atomic mass is 9.95. The topological polar surface area (TPSA) is 38.1 Å². The minimum Gasteiger partial charge on any atom is -0.341 e. The van der Waals surface area contributed by atoms with E-state index in [0.29, 0.717) is 6.54 Å². The number of aromatic nitrogens is 2. The maximum absolute atomic E-state index is 12.8. The molecule has 0 N–H and O–H groups in total. The average Bonchev–Trinajstić information content (AvgIpc) is 2.75. The summed E-state index contributed by atoms with van der Waals surface area (Å²) in [6, 6.07) is 10.0. The molecule has 0 bridgehead atoms. The van der Waals surface area contributed by atoms with E-state index in [1.54, 1.807) is 0 Å². The number of amides is 1. The molecule has 0 aliphatic carbocycles. The van der Waals surface area contributed by atoms with Crippen LogP contribution in [0.3, 0.4) is 0 Å². The monoisotopic (exact) mass is 299 g/mol. The van der Waals surface area contributed by atoms with Gasteiger partial charge in [0, 0.05) is 31.9 Å². The Kier molecular flexibility index (Phi) is 5.01. The first-order chi connectivity index (χ1) is 10.5. The zero-order chi connectivity index (χ0) is 16.3. The summed E-state index contributed by atoms with van der Waals surface area (Å²) < 4.78 is 1.87. The summed E-state index contributed by atoms with van der Waals surface area (Å²) >= 11 is 0. The number of rotatable bonds is 5. The lowest BCUT2D eigenvalue weighted by molar-refractivity contribution is -0.132. The molecule has 2 aromatic rings. The Bertz CT molecular complexity index is 646. The van der Waals surface area contributed by atoms with Crippen LogP contribution < -0.4 is 0 Å². The van der Waals surface area contributed by atoms with Gasteiger partial charge in [-0.2, -0.15) is 5.10 Å². The van der Waals surface area contributed by atoms with Gasteiger partial charge in [-0.15, -0.1) is 0 Å². The summed E-state index contributed by atoms with van der Waals surface area (Å²) in [6.45, 7) is 6.70. The van der Waals surface area contributed by atoms with Crippen molar-refractivity contribution in [2.45, 2.75) is 39.7 Å². The normalized spacial score (nSPS) is 12.2. The number of carbonyl (C=O) groups excluding carboxylic acids is 1. The summed E-state index contributed by atoms with van der Waals surface area (Å²) in [5.41, 5.74) is 4.33. The van der Waals surface area contributed by atoms with E-state index >= 15 is 0 Å². The third-order valence-corrected chi connectivity index (χ3v) is 4.34. The molecule has 118 valence electrons. The Labute approximate surface area is 132 Å². The largest absolute Gasteiger partial charge is 0.341 e. The first-order valence-corrected chi connectivity index (χ1v) is 7.74. The summed E-state index contributed by atoms with van der Waals surface area (Å²) in [5.74, 6) is 0.0832. The Morgan fingerprint density at radius 3 is 2.41 bits per heavy atom. The van der Waals surface area contributed by atoms with Gasteiger partial charge in [-0.3, -0.25) is 9.48 Å². The third kappa shape index (κ3) is 3.21. The second-order valence-corrected chi connectivity index (χ2v) is 5.84. The molecule has 1 aromatic heterocycles. The number of carbonyl (C=O) groups is 1. The van der Waals surface area contributed by atoms with Crippen LogP contribution in [0.2, 0.25) is 0 Å². The summed E-state index contributed by atoms with van der Waals surface area (Å²) in [5, 5.41) is 4.42. The summed E-state index contributed by atoms with van der Waals surface area (Å²) in [6.07, 6.45) is 0.804. The molecule has 22 heavy (non-hydrogen) atoms. The molecule has 0 radical (unpaired) electrons. The molecule has 0 unspecified atom stereocenters. The van der Waals surface area contributed by atoms with Crippen LogP contribution in [-0.2, 0) is 18.4 Å². The van der Waals surface area contributed by atoms with Crippen LogP contribution in [-0.4, -0.2) is 27.6 Å². The van der Waals surface area contributed by atoms with Gasteiger partial charge >= 0.3 is 0 Å². The van der Waals surface area contributed by atoms with E-state index in [0.717, 1.165) is 28.9 Å². The zero-order valence-electron chi connectivity index (χ0n) is 14.1. The van der Waals surface area contributed by atoms with Crippen molar-refractivity contribution in [1.82, 2.24) is 14.7 Å². The van der Waals surface area contributed by atoms with Gasteiger partial charge in [0.25, 0.3) is 0 Å². The summed E-state index contributed by atoms with van der Waals surface area (Å²) in [7, 11) is 3.81. The number of benzene rings is 1.